The Hall–Kier alpha value is -8.22. The van der Waals surface area contributed by atoms with Crippen LogP contribution < -0.4 is 10.6 Å². The number of carbonyl (C=O) groups is 3. The summed E-state index contributed by atoms with van der Waals surface area (Å²) in [6.45, 7) is 8.26. The van der Waals surface area contributed by atoms with Crippen LogP contribution in [-0.2, 0) is 85.1 Å². The number of rotatable bonds is 30. The summed E-state index contributed by atoms with van der Waals surface area (Å²) in [7, 11) is 0. The molecule has 4 N–H and O–H groups in total. The lowest BCUT2D eigenvalue weighted by atomic mass is 9.63. The van der Waals surface area contributed by atoms with Crippen LogP contribution in [0.15, 0.2) is 173 Å². The maximum Gasteiger partial charge on any atom is 0.249 e. The summed E-state index contributed by atoms with van der Waals surface area (Å²) < 4.78 is 99.0. The van der Waals surface area contributed by atoms with Crippen molar-refractivity contribution in [1.29, 1.82) is 0 Å². The molecule has 6 aliphatic rings. The zero-order chi connectivity index (χ0) is 74.7. The molecule has 7 atom stereocenters. The molecule has 0 unspecified atom stereocenters. The molecule has 6 aromatic carbocycles. The van der Waals surface area contributed by atoms with E-state index in [-0.39, 0.29) is 79.8 Å². The Morgan fingerprint density at radius 2 is 0.743 bits per heavy atom. The number of hydrogen-bond donors (Lipinski definition) is 4. The van der Waals surface area contributed by atoms with Crippen molar-refractivity contribution < 1.29 is 65.1 Å². The van der Waals surface area contributed by atoms with E-state index in [9.17, 15) is 50.9 Å². The van der Waals surface area contributed by atoms with Crippen LogP contribution in [0.5, 0.6) is 0 Å². The van der Waals surface area contributed by atoms with Gasteiger partial charge in [0.2, 0.25) is 17.7 Å². The van der Waals surface area contributed by atoms with Gasteiger partial charge in [-0.2, -0.15) is 0 Å². The maximum absolute atomic E-state index is 13.3. The highest BCUT2D eigenvalue weighted by molar-refractivity contribution is 5.96. The van der Waals surface area contributed by atoms with Gasteiger partial charge in [-0.15, -0.1) is 6.58 Å². The number of hydrogen-bond acceptors (Lipinski definition) is 13. The average Bonchev–Trinajstić information content (AvgIpc) is 1.76. The first kappa shape index (κ1) is 79.3. The van der Waals surface area contributed by atoms with Crippen LogP contribution in [0.25, 0.3) is 0 Å². The van der Waals surface area contributed by atoms with Gasteiger partial charge in [0.05, 0.1) is 84.8 Å². The number of ether oxygens (including phenoxy) is 3. The summed E-state index contributed by atoms with van der Waals surface area (Å²) in [5.74, 6) is -0.0807. The van der Waals surface area contributed by atoms with Crippen molar-refractivity contribution in [3.05, 3.63) is 225 Å². The fraction of sp³-hybridized carbons (Fsp3) is 0.470. The number of halogens is 6. The van der Waals surface area contributed by atoms with Gasteiger partial charge in [-0.1, -0.05) is 152 Å². The molecule has 562 valence electrons. The van der Waals surface area contributed by atoms with Crippen LogP contribution in [-0.4, -0.2) is 144 Å². The van der Waals surface area contributed by atoms with Crippen LogP contribution in [0.1, 0.15) is 176 Å². The third kappa shape index (κ3) is 18.4. The van der Waals surface area contributed by atoms with Gasteiger partial charge in [-0.25, -0.2) is 26.3 Å². The monoisotopic (exact) mass is 1450 g/mol. The number of benzene rings is 6. The number of aliphatic hydroxyl groups excluding tert-OH is 2. The molecule has 2 saturated heterocycles. The molecule has 0 bridgehead atoms. The zero-order valence-corrected chi connectivity index (χ0v) is 60.5. The van der Waals surface area contributed by atoms with Crippen molar-refractivity contribution in [2.75, 3.05) is 65.8 Å². The number of nitrogens with one attached hydrogen (secondary N) is 2. The third-order valence-corrected chi connectivity index (χ3v) is 22.3. The van der Waals surface area contributed by atoms with Crippen molar-refractivity contribution in [1.82, 2.24) is 25.3 Å². The van der Waals surface area contributed by atoms with E-state index >= 15 is 0 Å². The van der Waals surface area contributed by atoms with Gasteiger partial charge in [0.25, 0.3) is 0 Å². The molecule has 105 heavy (non-hydrogen) atoms. The van der Waals surface area contributed by atoms with Crippen LogP contribution in [0.2, 0.25) is 0 Å². The highest BCUT2D eigenvalue weighted by Gasteiger charge is 2.52. The summed E-state index contributed by atoms with van der Waals surface area (Å²) in [6, 6.07) is 45.4. The molecule has 5 heterocycles. The van der Waals surface area contributed by atoms with E-state index in [0.29, 0.717) is 105 Å². The molecular weight excluding hydrogens is 1350 g/mol. The van der Waals surface area contributed by atoms with Crippen LogP contribution in [0.3, 0.4) is 0 Å². The molecule has 5 aliphatic heterocycles. The number of nitrogens with zero attached hydrogens (tertiary/aromatic N) is 6. The second-order valence-electron chi connectivity index (χ2n) is 28.9. The zero-order valence-electron chi connectivity index (χ0n) is 60.5. The number of carbonyl (C=O) groups excluding carboxylic acids is 3. The standard InChI is InChI=1S/C29H34F2N2O2.2C27H33F2N3O3/c1-3-9-29(33-21-32-19-27(33)34)12-10-28(11-13-29,26-7-5-4-6-8-26)20-35-22(2)25-15-23(17-30)14-24(16-25)18-31;2*1-20(23-12-21(14-28)11-22(13-23)15-29)35-18-27(24-5-3-2-4-6-24)8-7-26(9-10-33,17-31-27)32-19-30-16-25(32)34/h3-8,14-16,21-22H,1,9-13,17-20H2,2H3;2*2-6,11-13,19-20,31,33H,7-10,14-18H2,1H3/t22-,28?,29?;2*20-,26-,27-/m111/s1. The number of aliphatic hydroxyl groups is 2. The van der Waals surface area contributed by atoms with E-state index in [1.807, 2.05) is 111 Å². The summed E-state index contributed by atoms with van der Waals surface area (Å²) in [6.07, 6.45) is 13.3. The van der Waals surface area contributed by atoms with Gasteiger partial charge in [0.15, 0.2) is 0 Å². The fourth-order valence-electron chi connectivity index (χ4n) is 16.0. The predicted octanol–water partition coefficient (Wildman–Crippen LogP) is 14.3. The maximum atomic E-state index is 13.3. The minimum absolute atomic E-state index is 0.0347. The van der Waals surface area contributed by atoms with Crippen molar-refractivity contribution in [2.45, 2.75) is 183 Å². The van der Waals surface area contributed by atoms with Crippen LogP contribution in [0, 0.1) is 0 Å². The Morgan fingerprint density at radius 1 is 0.438 bits per heavy atom. The number of alkyl halides is 6. The minimum Gasteiger partial charge on any atom is -0.396 e. The fourth-order valence-corrected chi connectivity index (χ4v) is 16.0. The largest absolute Gasteiger partial charge is 0.396 e. The highest BCUT2D eigenvalue weighted by Crippen LogP contribution is 2.49. The quantitative estimate of drug-likeness (QED) is 0.0249. The van der Waals surface area contributed by atoms with E-state index in [2.05, 4.69) is 44.3 Å². The first-order chi connectivity index (χ1) is 50.8. The van der Waals surface area contributed by atoms with E-state index in [4.69, 9.17) is 14.2 Å². The first-order valence-electron chi connectivity index (χ1n) is 36.4. The van der Waals surface area contributed by atoms with E-state index in [1.54, 1.807) is 71.3 Å². The van der Waals surface area contributed by atoms with Crippen molar-refractivity contribution in [2.24, 2.45) is 15.0 Å². The molecule has 3 fully saturated rings. The Bertz CT molecular complexity index is 3710. The lowest BCUT2D eigenvalue weighted by Gasteiger charge is -2.50. The molecule has 6 aromatic rings. The number of piperidine rings is 2. The molecule has 12 rings (SSSR count). The van der Waals surface area contributed by atoms with Crippen molar-refractivity contribution in [3.63, 3.8) is 0 Å². The Morgan fingerprint density at radius 3 is 1.02 bits per heavy atom. The van der Waals surface area contributed by atoms with Gasteiger partial charge in [-0.3, -0.25) is 44.1 Å². The molecular formula is C83H100F6N8O8. The molecule has 16 nitrogen and oxygen atoms in total. The third-order valence-electron chi connectivity index (χ3n) is 22.3. The summed E-state index contributed by atoms with van der Waals surface area (Å²) in [4.78, 5) is 55.1. The van der Waals surface area contributed by atoms with E-state index < -0.39 is 62.2 Å². The van der Waals surface area contributed by atoms with E-state index in [0.717, 1.165) is 59.9 Å². The van der Waals surface area contributed by atoms with E-state index in [1.165, 1.54) is 17.7 Å². The minimum atomic E-state index is -0.658. The molecule has 0 spiro atoms. The van der Waals surface area contributed by atoms with Gasteiger partial charge in [-0.05, 0) is 158 Å². The summed E-state index contributed by atoms with van der Waals surface area (Å²) in [5.41, 5.74) is 5.59. The highest BCUT2D eigenvalue weighted by atomic mass is 19.1. The first-order valence-corrected chi connectivity index (χ1v) is 36.4. The Labute approximate surface area is 613 Å². The molecule has 1 aliphatic carbocycles. The van der Waals surface area contributed by atoms with Gasteiger partial charge in [0, 0.05) is 31.7 Å². The molecule has 0 aromatic heterocycles. The topological polar surface area (TPSA) is 190 Å². The van der Waals surface area contributed by atoms with Crippen LogP contribution in [0.4, 0.5) is 26.3 Å². The number of amides is 3. The molecule has 0 radical (unpaired) electrons. The lowest BCUT2D eigenvalue weighted by Crippen LogP contribution is -2.64. The normalized spacial score (nSPS) is 25.2. The second kappa shape index (κ2) is 36.4. The molecule has 3 amide bonds. The second-order valence-corrected chi connectivity index (χ2v) is 28.9. The Kier molecular flexibility index (Phi) is 27.5. The lowest BCUT2D eigenvalue weighted by molar-refractivity contribution is -0.131. The Balaban J connectivity index is 0.000000169. The number of aliphatic imine (C=N–C) groups is 3. The van der Waals surface area contributed by atoms with Crippen LogP contribution >= 0.6 is 0 Å². The predicted molar refractivity (Wildman–Crippen MR) is 396 cm³/mol. The van der Waals surface area contributed by atoms with Crippen molar-refractivity contribution >= 4 is 36.7 Å². The van der Waals surface area contributed by atoms with Gasteiger partial charge in [0.1, 0.15) is 59.7 Å². The van der Waals surface area contributed by atoms with Gasteiger partial charge < -0.3 is 35.1 Å². The summed E-state index contributed by atoms with van der Waals surface area (Å²) in [5, 5.41) is 26.9. The van der Waals surface area contributed by atoms with Gasteiger partial charge >= 0.3 is 0 Å². The smallest absolute Gasteiger partial charge is 0.249 e. The molecule has 22 heteroatoms. The average molecular weight is 1450 g/mol. The SMILES string of the molecule is C=CCC1(N2C=NCC2=O)CCC(CO[C@H](C)c2cc(CF)cc(CF)c2)(c2ccccc2)CC1.C[C@@H](OC[C@@]1(c2ccccc2)CC[C@](CCO)(N2C=NCC2=O)CN1)c1cc(CF)cc(CF)c1.C[C@@H](OC[C@@]1(c2ccccc2)CC[C@](CCO)(N2C=NCC2=O)CN1)c1cc(CF)cc(CF)c1. The molecule has 1 saturated carbocycles. The summed E-state index contributed by atoms with van der Waals surface area (Å²) >= 11 is 0. The van der Waals surface area contributed by atoms with Crippen molar-refractivity contribution in [3.8, 4) is 0 Å².